The Balaban J connectivity index is 0. The van der Waals surface area contributed by atoms with Crippen molar-refractivity contribution in [2.24, 2.45) is 5.84 Å². The third-order valence-electron chi connectivity index (χ3n) is 0.925. The molecule has 0 aliphatic rings. The van der Waals surface area contributed by atoms with Gasteiger partial charge >= 0.3 is 0 Å². The molecule has 3 heteroatoms. The third kappa shape index (κ3) is 9.30. The smallest absolute Gasteiger partial charge is 0.00974 e. The molecule has 0 aromatic carbocycles. The molecule has 0 aliphatic heterocycles. The average molecular weight is 118 g/mol. The van der Waals surface area contributed by atoms with Crippen LogP contribution >= 0.6 is 0 Å². The summed E-state index contributed by atoms with van der Waals surface area (Å²) in [4.78, 5) is 0. The molecular formula is C5H14N2O. The molecule has 0 aromatic heterocycles. The van der Waals surface area contributed by atoms with Crippen LogP contribution in [0.15, 0.2) is 0 Å². The highest BCUT2D eigenvalue weighted by Crippen LogP contribution is 1.89. The first-order valence-electron chi connectivity index (χ1n) is 2.85. The van der Waals surface area contributed by atoms with E-state index in [9.17, 15) is 0 Å². The zero-order valence-electron chi connectivity index (χ0n) is 5.31. The Morgan fingerprint density at radius 2 is 2.00 bits per heavy atom. The number of unbranched alkanes of at least 4 members (excludes halogenated alkanes) is 2. The van der Waals surface area contributed by atoms with E-state index in [0.717, 1.165) is 6.54 Å². The summed E-state index contributed by atoms with van der Waals surface area (Å²) in [6.07, 6.45) is 3.75. The van der Waals surface area contributed by atoms with Crippen molar-refractivity contribution in [3.8, 4) is 0 Å². The maximum atomic E-state index is 5.02. The van der Waals surface area contributed by atoms with Crippen molar-refractivity contribution >= 4 is 0 Å². The van der Waals surface area contributed by atoms with Crippen molar-refractivity contribution in [1.82, 2.24) is 5.43 Å². The van der Waals surface area contributed by atoms with Crippen LogP contribution in [0.2, 0.25) is 0 Å². The molecule has 0 unspecified atom stereocenters. The molecule has 0 rings (SSSR count). The standard InChI is InChI=1S/C5H14N2.O/c1-2-3-4-5-7-6;/h7H,2-6H2,1H3;. The second kappa shape index (κ2) is 9.99. The molecule has 0 heterocycles. The van der Waals surface area contributed by atoms with E-state index >= 15 is 0 Å². The second-order valence-corrected chi connectivity index (χ2v) is 1.66. The minimum absolute atomic E-state index is 0. The van der Waals surface area contributed by atoms with E-state index in [1.165, 1.54) is 19.3 Å². The predicted octanol–water partition coefficient (Wildman–Crippen LogP) is 0.521. The van der Waals surface area contributed by atoms with Crippen LogP contribution in [0.5, 0.6) is 0 Å². The minimum atomic E-state index is 0. The van der Waals surface area contributed by atoms with Crippen LogP contribution in [0.25, 0.3) is 0 Å². The zero-order valence-corrected chi connectivity index (χ0v) is 5.31. The molecule has 8 heavy (non-hydrogen) atoms. The zero-order chi connectivity index (χ0) is 5.54. The lowest BCUT2D eigenvalue weighted by atomic mass is 10.3. The Morgan fingerprint density at radius 1 is 1.38 bits per heavy atom. The van der Waals surface area contributed by atoms with E-state index < -0.39 is 0 Å². The molecular weight excluding hydrogens is 104 g/mol. The topological polar surface area (TPSA) is 66.5 Å². The highest BCUT2D eigenvalue weighted by atomic mass is 16.0. The van der Waals surface area contributed by atoms with E-state index in [4.69, 9.17) is 5.84 Å². The second-order valence-electron chi connectivity index (χ2n) is 1.66. The van der Waals surface area contributed by atoms with Crippen LogP contribution in [0.4, 0.5) is 0 Å². The SMILES string of the molecule is CCCCCNN.[O]. The van der Waals surface area contributed by atoms with Crippen molar-refractivity contribution < 1.29 is 5.48 Å². The van der Waals surface area contributed by atoms with E-state index in [1.807, 2.05) is 0 Å². The van der Waals surface area contributed by atoms with Gasteiger partial charge in [0.2, 0.25) is 0 Å². The Labute approximate surface area is 50.5 Å². The number of hydrogen-bond acceptors (Lipinski definition) is 2. The van der Waals surface area contributed by atoms with Crippen LogP contribution in [0.3, 0.4) is 0 Å². The first-order valence-corrected chi connectivity index (χ1v) is 2.85. The summed E-state index contributed by atoms with van der Waals surface area (Å²) in [5.74, 6) is 5.02. The van der Waals surface area contributed by atoms with E-state index in [0.29, 0.717) is 0 Å². The van der Waals surface area contributed by atoms with Crippen LogP contribution in [0.1, 0.15) is 26.2 Å². The molecule has 0 spiro atoms. The fourth-order valence-electron chi connectivity index (χ4n) is 0.477. The summed E-state index contributed by atoms with van der Waals surface area (Å²) in [6, 6.07) is 0. The fraction of sp³-hybridized carbons (Fsp3) is 1.00. The molecule has 2 radical (unpaired) electrons. The number of rotatable bonds is 4. The summed E-state index contributed by atoms with van der Waals surface area (Å²) in [5.41, 5.74) is 2.60. The number of nitrogens with two attached hydrogens (primary N) is 1. The monoisotopic (exact) mass is 118 g/mol. The van der Waals surface area contributed by atoms with Gasteiger partial charge in [-0.15, -0.1) is 0 Å². The van der Waals surface area contributed by atoms with E-state index in [2.05, 4.69) is 12.3 Å². The van der Waals surface area contributed by atoms with Gasteiger partial charge in [0.1, 0.15) is 0 Å². The van der Waals surface area contributed by atoms with Crippen molar-refractivity contribution in [1.29, 1.82) is 0 Å². The van der Waals surface area contributed by atoms with Gasteiger partial charge in [-0.25, -0.2) is 0 Å². The Morgan fingerprint density at radius 3 is 2.38 bits per heavy atom. The summed E-state index contributed by atoms with van der Waals surface area (Å²) >= 11 is 0. The van der Waals surface area contributed by atoms with Crippen LogP contribution in [0, 0.1) is 0 Å². The summed E-state index contributed by atoms with van der Waals surface area (Å²) in [7, 11) is 0. The molecule has 0 aromatic rings. The van der Waals surface area contributed by atoms with Crippen molar-refractivity contribution in [2.45, 2.75) is 26.2 Å². The van der Waals surface area contributed by atoms with Crippen molar-refractivity contribution in [3.63, 3.8) is 0 Å². The fourth-order valence-corrected chi connectivity index (χ4v) is 0.477. The Hall–Kier alpha value is -0.120. The number of nitrogens with one attached hydrogen (secondary N) is 1. The molecule has 3 N–H and O–H groups in total. The van der Waals surface area contributed by atoms with E-state index in [-0.39, 0.29) is 5.48 Å². The molecule has 0 aliphatic carbocycles. The highest BCUT2D eigenvalue weighted by molar-refractivity contribution is 4.37. The highest BCUT2D eigenvalue weighted by Gasteiger charge is 1.79. The molecule has 0 amide bonds. The first-order chi connectivity index (χ1) is 3.41. The van der Waals surface area contributed by atoms with Gasteiger partial charge < -0.3 is 0 Å². The summed E-state index contributed by atoms with van der Waals surface area (Å²) in [5, 5.41) is 0. The number of hydrazine groups is 1. The van der Waals surface area contributed by atoms with Crippen LogP contribution in [-0.4, -0.2) is 6.54 Å². The van der Waals surface area contributed by atoms with Gasteiger partial charge in [-0.2, -0.15) is 0 Å². The molecule has 0 atom stereocenters. The quantitative estimate of drug-likeness (QED) is 0.321. The first kappa shape index (κ1) is 10.8. The van der Waals surface area contributed by atoms with Crippen molar-refractivity contribution in [2.75, 3.05) is 6.54 Å². The van der Waals surface area contributed by atoms with Gasteiger partial charge in [0.25, 0.3) is 0 Å². The van der Waals surface area contributed by atoms with Crippen LogP contribution in [-0.2, 0) is 5.48 Å². The lowest BCUT2D eigenvalue weighted by molar-refractivity contribution is 0.637. The molecule has 0 saturated carbocycles. The minimum Gasteiger partial charge on any atom is -0.271 e. The van der Waals surface area contributed by atoms with Gasteiger partial charge in [0.15, 0.2) is 0 Å². The summed E-state index contributed by atoms with van der Waals surface area (Å²) < 4.78 is 0. The largest absolute Gasteiger partial charge is 0.271 e. The maximum Gasteiger partial charge on any atom is 0.00974 e. The Bertz CT molecular complexity index is 29.6. The van der Waals surface area contributed by atoms with Gasteiger partial charge in [0.05, 0.1) is 0 Å². The molecule has 50 valence electrons. The average Bonchev–Trinajstić information content (AvgIpc) is 1.69. The normalized spacial score (nSPS) is 8.25. The number of hydrogen-bond donors (Lipinski definition) is 2. The van der Waals surface area contributed by atoms with Gasteiger partial charge in [-0.05, 0) is 6.42 Å². The lowest BCUT2D eigenvalue weighted by Crippen LogP contribution is -2.22. The molecule has 0 saturated heterocycles. The third-order valence-corrected chi connectivity index (χ3v) is 0.925. The van der Waals surface area contributed by atoms with E-state index in [1.54, 1.807) is 0 Å². The molecule has 0 fully saturated rings. The predicted molar refractivity (Wildman–Crippen MR) is 32.4 cm³/mol. The van der Waals surface area contributed by atoms with Gasteiger partial charge in [-0.1, -0.05) is 19.8 Å². The molecule has 3 nitrogen and oxygen atoms in total. The molecule has 0 bridgehead atoms. The lowest BCUT2D eigenvalue weighted by Gasteiger charge is -1.93. The Kier molecular flexibility index (Phi) is 13.5. The van der Waals surface area contributed by atoms with Crippen LogP contribution < -0.4 is 11.3 Å². The maximum absolute atomic E-state index is 5.02. The van der Waals surface area contributed by atoms with Crippen molar-refractivity contribution in [3.05, 3.63) is 0 Å². The van der Waals surface area contributed by atoms with Gasteiger partial charge in [0, 0.05) is 12.0 Å². The summed E-state index contributed by atoms with van der Waals surface area (Å²) in [6.45, 7) is 3.13. The van der Waals surface area contributed by atoms with Gasteiger partial charge in [-0.3, -0.25) is 11.3 Å².